The predicted octanol–water partition coefficient (Wildman–Crippen LogP) is 2.36. The molecule has 2 fully saturated rings. The molecule has 2 aliphatic rings. The first-order chi connectivity index (χ1) is 12.6. The molecule has 142 valence electrons. The molecular formula is C20H29N3O3. The van der Waals surface area contributed by atoms with Crippen molar-refractivity contribution in [2.24, 2.45) is 0 Å². The van der Waals surface area contributed by atoms with Crippen LogP contribution in [0.2, 0.25) is 0 Å². The van der Waals surface area contributed by atoms with Gasteiger partial charge in [-0.3, -0.25) is 14.5 Å². The van der Waals surface area contributed by atoms with E-state index in [1.807, 2.05) is 19.2 Å². The van der Waals surface area contributed by atoms with E-state index in [4.69, 9.17) is 4.74 Å². The van der Waals surface area contributed by atoms with Gasteiger partial charge >= 0.3 is 0 Å². The van der Waals surface area contributed by atoms with Crippen LogP contribution in [0.25, 0.3) is 0 Å². The van der Waals surface area contributed by atoms with E-state index in [9.17, 15) is 9.59 Å². The molecule has 0 atom stereocenters. The molecule has 1 aliphatic carbocycles. The number of carbonyl (C=O) groups is 2. The van der Waals surface area contributed by atoms with Crippen LogP contribution in [0.5, 0.6) is 0 Å². The van der Waals surface area contributed by atoms with Crippen molar-refractivity contribution >= 4 is 17.5 Å². The number of carbonyl (C=O) groups excluding carboxylic acids is 2. The minimum Gasteiger partial charge on any atom is -0.378 e. The monoisotopic (exact) mass is 359 g/mol. The van der Waals surface area contributed by atoms with E-state index in [0.29, 0.717) is 50.1 Å². The Bertz CT molecular complexity index is 622. The predicted molar refractivity (Wildman–Crippen MR) is 101 cm³/mol. The van der Waals surface area contributed by atoms with Gasteiger partial charge in [-0.25, -0.2) is 0 Å². The third kappa shape index (κ3) is 5.05. The lowest BCUT2D eigenvalue weighted by Gasteiger charge is -2.30. The number of hydrogen-bond donors (Lipinski definition) is 1. The number of ether oxygens (including phenoxy) is 1. The topological polar surface area (TPSA) is 61.9 Å². The highest BCUT2D eigenvalue weighted by Crippen LogP contribution is 2.21. The molecule has 6 nitrogen and oxygen atoms in total. The molecule has 1 saturated heterocycles. The minimum atomic E-state index is -0.0333. The molecule has 3 rings (SSSR count). The first-order valence-electron chi connectivity index (χ1n) is 9.60. The lowest BCUT2D eigenvalue weighted by molar-refractivity contribution is -0.117. The van der Waals surface area contributed by atoms with Crippen LogP contribution >= 0.6 is 0 Å². The third-order valence-electron chi connectivity index (χ3n) is 5.28. The number of anilines is 1. The molecule has 1 N–H and O–H groups in total. The summed E-state index contributed by atoms with van der Waals surface area (Å²) in [4.78, 5) is 28.9. The van der Waals surface area contributed by atoms with Crippen LogP contribution in [0.15, 0.2) is 24.3 Å². The lowest BCUT2D eigenvalue weighted by Crippen LogP contribution is -2.40. The van der Waals surface area contributed by atoms with Crippen molar-refractivity contribution in [3.8, 4) is 0 Å². The third-order valence-corrected chi connectivity index (χ3v) is 5.28. The maximum absolute atomic E-state index is 12.6. The molecular weight excluding hydrogens is 330 g/mol. The number of nitrogens with zero attached hydrogens (tertiary/aromatic N) is 2. The van der Waals surface area contributed by atoms with E-state index in [-0.39, 0.29) is 11.8 Å². The summed E-state index contributed by atoms with van der Waals surface area (Å²) in [5.41, 5.74) is 1.27. The van der Waals surface area contributed by atoms with Crippen LogP contribution in [-0.2, 0) is 9.53 Å². The second kappa shape index (κ2) is 9.14. The van der Waals surface area contributed by atoms with Crippen LogP contribution in [0.3, 0.4) is 0 Å². The Morgan fingerprint density at radius 1 is 1.19 bits per heavy atom. The summed E-state index contributed by atoms with van der Waals surface area (Å²) in [5, 5.41) is 2.93. The zero-order valence-corrected chi connectivity index (χ0v) is 15.6. The normalized spacial score (nSPS) is 18.8. The summed E-state index contributed by atoms with van der Waals surface area (Å²) in [6.07, 6.45) is 6.16. The fourth-order valence-electron chi connectivity index (χ4n) is 3.76. The molecule has 0 aromatic heterocycles. The molecule has 26 heavy (non-hydrogen) atoms. The smallest absolute Gasteiger partial charge is 0.254 e. The average molecular weight is 359 g/mol. The maximum Gasteiger partial charge on any atom is 0.254 e. The SMILES string of the molecule is CN(CC(=O)Nc1cccc(C(=O)N2CCOCC2)c1)C1CCCCC1. The van der Waals surface area contributed by atoms with Crippen molar-refractivity contribution in [3.63, 3.8) is 0 Å². The Labute approximate surface area is 155 Å². The Kier molecular flexibility index (Phi) is 6.63. The van der Waals surface area contributed by atoms with Crippen molar-refractivity contribution in [2.75, 3.05) is 45.2 Å². The number of hydrogen-bond acceptors (Lipinski definition) is 4. The Hall–Kier alpha value is -1.92. The average Bonchev–Trinajstić information content (AvgIpc) is 2.69. The van der Waals surface area contributed by atoms with Crippen LogP contribution in [0.1, 0.15) is 42.5 Å². The van der Waals surface area contributed by atoms with Crippen molar-refractivity contribution in [2.45, 2.75) is 38.1 Å². The zero-order chi connectivity index (χ0) is 18.4. The second-order valence-electron chi connectivity index (χ2n) is 7.24. The van der Waals surface area contributed by atoms with Crippen LogP contribution in [-0.4, -0.2) is 67.6 Å². The second-order valence-corrected chi connectivity index (χ2v) is 7.24. The highest BCUT2D eigenvalue weighted by molar-refractivity contribution is 5.97. The Morgan fingerprint density at radius 2 is 1.92 bits per heavy atom. The van der Waals surface area contributed by atoms with Gasteiger partial charge in [0.15, 0.2) is 0 Å². The summed E-state index contributed by atoms with van der Waals surface area (Å²) in [5.74, 6) is -0.0437. The summed E-state index contributed by atoms with van der Waals surface area (Å²) < 4.78 is 5.29. The number of amides is 2. The van der Waals surface area contributed by atoms with Crippen LogP contribution in [0.4, 0.5) is 5.69 Å². The minimum absolute atomic E-state index is 0.0104. The largest absolute Gasteiger partial charge is 0.378 e. The van der Waals surface area contributed by atoms with Crippen molar-refractivity contribution in [1.82, 2.24) is 9.80 Å². The van der Waals surface area contributed by atoms with Gasteiger partial charge in [0, 0.05) is 30.4 Å². The van der Waals surface area contributed by atoms with Gasteiger partial charge in [0.1, 0.15) is 0 Å². The van der Waals surface area contributed by atoms with E-state index in [0.717, 1.165) is 0 Å². The molecule has 0 radical (unpaired) electrons. The van der Waals surface area contributed by atoms with Gasteiger partial charge < -0.3 is 15.0 Å². The van der Waals surface area contributed by atoms with Gasteiger partial charge in [0.05, 0.1) is 19.8 Å². The Morgan fingerprint density at radius 3 is 2.65 bits per heavy atom. The van der Waals surface area contributed by atoms with Crippen molar-refractivity contribution in [3.05, 3.63) is 29.8 Å². The molecule has 0 unspecified atom stereocenters. The first kappa shape index (κ1) is 18.9. The molecule has 1 heterocycles. The molecule has 0 bridgehead atoms. The molecule has 2 amide bonds. The number of rotatable bonds is 5. The summed E-state index contributed by atoms with van der Waals surface area (Å²) in [6, 6.07) is 7.70. The van der Waals surface area contributed by atoms with Gasteiger partial charge in [-0.15, -0.1) is 0 Å². The number of likely N-dealkylation sites (N-methyl/N-ethyl adjacent to an activating group) is 1. The van der Waals surface area contributed by atoms with Gasteiger partial charge in [-0.05, 0) is 38.1 Å². The standard InChI is InChI=1S/C20H29N3O3/c1-22(18-8-3-2-4-9-18)15-19(24)21-17-7-5-6-16(14-17)20(25)23-10-12-26-13-11-23/h5-7,14,18H,2-4,8-13,15H2,1H3,(H,21,24). The molecule has 1 aromatic rings. The summed E-state index contributed by atoms with van der Waals surface area (Å²) >= 11 is 0. The highest BCUT2D eigenvalue weighted by atomic mass is 16.5. The fraction of sp³-hybridized carbons (Fsp3) is 0.600. The van der Waals surface area contributed by atoms with E-state index >= 15 is 0 Å². The Balaban J connectivity index is 1.55. The maximum atomic E-state index is 12.6. The molecule has 1 aromatic carbocycles. The molecule has 6 heteroatoms. The van der Waals surface area contributed by atoms with E-state index in [1.165, 1.54) is 32.1 Å². The number of nitrogens with one attached hydrogen (secondary N) is 1. The van der Waals surface area contributed by atoms with Gasteiger partial charge in [0.2, 0.25) is 5.91 Å². The fourth-order valence-corrected chi connectivity index (χ4v) is 3.76. The lowest BCUT2D eigenvalue weighted by atomic mass is 9.94. The van der Waals surface area contributed by atoms with E-state index in [2.05, 4.69) is 10.2 Å². The first-order valence-corrected chi connectivity index (χ1v) is 9.60. The highest BCUT2D eigenvalue weighted by Gasteiger charge is 2.21. The number of benzene rings is 1. The quantitative estimate of drug-likeness (QED) is 0.877. The van der Waals surface area contributed by atoms with Crippen molar-refractivity contribution < 1.29 is 14.3 Å². The molecule has 1 saturated carbocycles. The number of morpholine rings is 1. The van der Waals surface area contributed by atoms with Gasteiger partial charge in [-0.2, -0.15) is 0 Å². The van der Waals surface area contributed by atoms with Crippen LogP contribution in [0, 0.1) is 0 Å². The summed E-state index contributed by atoms with van der Waals surface area (Å²) in [7, 11) is 2.02. The molecule has 1 aliphatic heterocycles. The molecule has 0 spiro atoms. The summed E-state index contributed by atoms with van der Waals surface area (Å²) in [6.45, 7) is 2.76. The van der Waals surface area contributed by atoms with Crippen LogP contribution < -0.4 is 5.32 Å². The van der Waals surface area contributed by atoms with Crippen molar-refractivity contribution in [1.29, 1.82) is 0 Å². The van der Waals surface area contributed by atoms with Gasteiger partial charge in [-0.1, -0.05) is 25.3 Å². The zero-order valence-electron chi connectivity index (χ0n) is 15.6. The van der Waals surface area contributed by atoms with E-state index in [1.54, 1.807) is 17.0 Å². The van der Waals surface area contributed by atoms with E-state index < -0.39 is 0 Å². The van der Waals surface area contributed by atoms with Gasteiger partial charge in [0.25, 0.3) is 5.91 Å².